The van der Waals surface area contributed by atoms with Gasteiger partial charge in [0.1, 0.15) is 0 Å². The highest BCUT2D eigenvalue weighted by Crippen LogP contribution is 2.09. The zero-order valence-electron chi connectivity index (χ0n) is 10.8. The average Bonchev–Trinajstić information content (AvgIpc) is 2.09. The molecule has 0 aromatic rings. The summed E-state index contributed by atoms with van der Waals surface area (Å²) in [4.78, 5) is 0. The second-order valence-electron chi connectivity index (χ2n) is 5.22. The summed E-state index contributed by atoms with van der Waals surface area (Å²) in [6.45, 7) is 10.3. The molecule has 0 aliphatic carbocycles. The van der Waals surface area contributed by atoms with E-state index in [1.807, 2.05) is 0 Å². The van der Waals surface area contributed by atoms with E-state index in [4.69, 9.17) is 4.74 Å². The van der Waals surface area contributed by atoms with Gasteiger partial charge in [-0.2, -0.15) is 0 Å². The van der Waals surface area contributed by atoms with Gasteiger partial charge < -0.3 is 9.84 Å². The summed E-state index contributed by atoms with van der Waals surface area (Å²) in [5.41, 5.74) is 0. The number of hydrogen-bond donors (Lipinski definition) is 1. The molecule has 0 radical (unpaired) electrons. The van der Waals surface area contributed by atoms with Crippen LogP contribution in [-0.4, -0.2) is 24.4 Å². The lowest BCUT2D eigenvalue weighted by molar-refractivity contribution is 0.0927. The average molecular weight is 216 g/mol. The van der Waals surface area contributed by atoms with Crippen molar-refractivity contribution in [3.8, 4) is 0 Å². The Balaban J connectivity index is 3.16. The fraction of sp³-hybridized carbons (Fsp3) is 1.00. The molecule has 0 aromatic carbocycles. The van der Waals surface area contributed by atoms with E-state index in [9.17, 15) is 5.11 Å². The van der Waals surface area contributed by atoms with Crippen molar-refractivity contribution >= 4 is 0 Å². The largest absolute Gasteiger partial charge is 0.393 e. The van der Waals surface area contributed by atoms with Crippen LogP contribution >= 0.6 is 0 Å². The SMILES string of the molecule is CC(C)CCOCCCC(O)CC(C)C. The van der Waals surface area contributed by atoms with E-state index in [0.29, 0.717) is 5.92 Å². The Labute approximate surface area is 95.0 Å². The fourth-order valence-electron chi connectivity index (χ4n) is 1.50. The Hall–Kier alpha value is -0.0800. The van der Waals surface area contributed by atoms with Gasteiger partial charge >= 0.3 is 0 Å². The Bertz CT molecular complexity index is 132. The molecule has 0 rings (SSSR count). The second-order valence-corrected chi connectivity index (χ2v) is 5.22. The Morgan fingerprint density at radius 1 is 0.933 bits per heavy atom. The van der Waals surface area contributed by atoms with Crippen LogP contribution in [0.2, 0.25) is 0 Å². The highest BCUT2D eigenvalue weighted by molar-refractivity contribution is 4.58. The normalized spacial score (nSPS) is 13.8. The molecule has 1 atom stereocenters. The second kappa shape index (κ2) is 9.17. The van der Waals surface area contributed by atoms with E-state index in [1.165, 1.54) is 0 Å². The minimum Gasteiger partial charge on any atom is -0.393 e. The number of aliphatic hydroxyl groups excluding tert-OH is 1. The molecule has 2 heteroatoms. The number of ether oxygens (including phenoxy) is 1. The van der Waals surface area contributed by atoms with Crippen molar-refractivity contribution in [1.29, 1.82) is 0 Å². The smallest absolute Gasteiger partial charge is 0.0543 e. The van der Waals surface area contributed by atoms with Crippen LogP contribution in [0.5, 0.6) is 0 Å². The van der Waals surface area contributed by atoms with Crippen LogP contribution < -0.4 is 0 Å². The summed E-state index contributed by atoms with van der Waals surface area (Å²) in [6, 6.07) is 0. The molecule has 1 N–H and O–H groups in total. The summed E-state index contributed by atoms with van der Waals surface area (Å²) in [5, 5.41) is 9.61. The summed E-state index contributed by atoms with van der Waals surface area (Å²) in [6.07, 6.45) is 3.76. The molecule has 1 unspecified atom stereocenters. The lowest BCUT2D eigenvalue weighted by atomic mass is 10.0. The van der Waals surface area contributed by atoms with E-state index < -0.39 is 0 Å². The van der Waals surface area contributed by atoms with E-state index in [2.05, 4.69) is 27.7 Å². The van der Waals surface area contributed by atoms with Gasteiger partial charge in [-0.05, 0) is 37.5 Å². The Morgan fingerprint density at radius 2 is 1.60 bits per heavy atom. The maximum atomic E-state index is 9.61. The third-order valence-corrected chi connectivity index (χ3v) is 2.41. The first-order chi connectivity index (χ1) is 7.02. The standard InChI is InChI=1S/C13H28O2/c1-11(2)7-9-15-8-5-6-13(14)10-12(3)4/h11-14H,5-10H2,1-4H3. The third-order valence-electron chi connectivity index (χ3n) is 2.41. The maximum absolute atomic E-state index is 9.61. The summed E-state index contributed by atoms with van der Waals surface area (Å²) < 4.78 is 5.49. The molecule has 2 nitrogen and oxygen atoms in total. The first-order valence-corrected chi connectivity index (χ1v) is 6.28. The van der Waals surface area contributed by atoms with Gasteiger partial charge in [0.2, 0.25) is 0 Å². The molecular formula is C13H28O2. The van der Waals surface area contributed by atoms with Crippen LogP contribution in [-0.2, 0) is 4.74 Å². The van der Waals surface area contributed by atoms with E-state index in [-0.39, 0.29) is 6.10 Å². The van der Waals surface area contributed by atoms with Crippen molar-refractivity contribution < 1.29 is 9.84 Å². The van der Waals surface area contributed by atoms with Crippen molar-refractivity contribution in [3.63, 3.8) is 0 Å². The quantitative estimate of drug-likeness (QED) is 0.600. The van der Waals surface area contributed by atoms with Crippen LogP contribution in [0.15, 0.2) is 0 Å². The van der Waals surface area contributed by atoms with E-state index in [1.54, 1.807) is 0 Å². The van der Waals surface area contributed by atoms with Crippen molar-refractivity contribution in [1.82, 2.24) is 0 Å². The molecule has 0 amide bonds. The van der Waals surface area contributed by atoms with Gasteiger partial charge in [-0.1, -0.05) is 27.7 Å². The molecule has 0 spiro atoms. The lowest BCUT2D eigenvalue weighted by Crippen LogP contribution is -2.11. The van der Waals surface area contributed by atoms with Gasteiger partial charge in [0, 0.05) is 13.2 Å². The topological polar surface area (TPSA) is 29.5 Å². The van der Waals surface area contributed by atoms with Gasteiger partial charge in [0.15, 0.2) is 0 Å². The van der Waals surface area contributed by atoms with Gasteiger partial charge in [0.05, 0.1) is 6.10 Å². The highest BCUT2D eigenvalue weighted by atomic mass is 16.5. The molecule has 0 fully saturated rings. The zero-order valence-corrected chi connectivity index (χ0v) is 10.8. The molecule has 0 saturated carbocycles. The highest BCUT2D eigenvalue weighted by Gasteiger charge is 2.06. The number of hydrogen-bond acceptors (Lipinski definition) is 2. The van der Waals surface area contributed by atoms with Crippen molar-refractivity contribution in [2.75, 3.05) is 13.2 Å². The number of aliphatic hydroxyl groups is 1. The van der Waals surface area contributed by atoms with Crippen LogP contribution in [0.1, 0.15) is 53.4 Å². The molecule has 92 valence electrons. The molecule has 0 aromatic heterocycles. The summed E-state index contributed by atoms with van der Waals surface area (Å²) in [5.74, 6) is 1.30. The van der Waals surface area contributed by atoms with Gasteiger partial charge in [-0.15, -0.1) is 0 Å². The van der Waals surface area contributed by atoms with E-state index in [0.717, 1.165) is 44.8 Å². The van der Waals surface area contributed by atoms with Crippen LogP contribution in [0, 0.1) is 11.8 Å². The summed E-state index contributed by atoms with van der Waals surface area (Å²) in [7, 11) is 0. The first-order valence-electron chi connectivity index (χ1n) is 6.28. The number of rotatable bonds is 9. The molecule has 0 saturated heterocycles. The van der Waals surface area contributed by atoms with Gasteiger partial charge in [-0.25, -0.2) is 0 Å². The van der Waals surface area contributed by atoms with Crippen molar-refractivity contribution in [3.05, 3.63) is 0 Å². The molecule has 0 aliphatic rings. The van der Waals surface area contributed by atoms with E-state index >= 15 is 0 Å². The first kappa shape index (κ1) is 14.9. The van der Waals surface area contributed by atoms with Crippen molar-refractivity contribution in [2.24, 2.45) is 11.8 Å². The minimum atomic E-state index is -0.140. The van der Waals surface area contributed by atoms with Gasteiger partial charge in [0.25, 0.3) is 0 Å². The predicted octanol–water partition coefficient (Wildman–Crippen LogP) is 3.24. The zero-order chi connectivity index (χ0) is 11.7. The lowest BCUT2D eigenvalue weighted by Gasteiger charge is -2.12. The minimum absolute atomic E-state index is 0.140. The third kappa shape index (κ3) is 11.8. The Morgan fingerprint density at radius 3 is 2.13 bits per heavy atom. The monoisotopic (exact) mass is 216 g/mol. The molecule has 15 heavy (non-hydrogen) atoms. The van der Waals surface area contributed by atoms with Crippen LogP contribution in [0.3, 0.4) is 0 Å². The van der Waals surface area contributed by atoms with Crippen molar-refractivity contribution in [2.45, 2.75) is 59.5 Å². The Kier molecular flexibility index (Phi) is 9.12. The molecule has 0 aliphatic heterocycles. The molecular weight excluding hydrogens is 188 g/mol. The predicted molar refractivity (Wildman–Crippen MR) is 65.0 cm³/mol. The maximum Gasteiger partial charge on any atom is 0.0543 e. The molecule has 0 bridgehead atoms. The molecule has 0 heterocycles. The van der Waals surface area contributed by atoms with Crippen LogP contribution in [0.25, 0.3) is 0 Å². The fourth-order valence-corrected chi connectivity index (χ4v) is 1.50. The summed E-state index contributed by atoms with van der Waals surface area (Å²) >= 11 is 0. The van der Waals surface area contributed by atoms with Crippen LogP contribution in [0.4, 0.5) is 0 Å². The van der Waals surface area contributed by atoms with Gasteiger partial charge in [-0.3, -0.25) is 0 Å².